The van der Waals surface area contributed by atoms with Gasteiger partial charge in [0, 0.05) is 29.9 Å². The van der Waals surface area contributed by atoms with Crippen molar-refractivity contribution in [2.75, 3.05) is 31.3 Å². The second-order valence-corrected chi connectivity index (χ2v) is 8.14. The predicted octanol–water partition coefficient (Wildman–Crippen LogP) is 2.35. The molecule has 1 fully saturated rings. The molecule has 3 rings (SSSR count). The van der Waals surface area contributed by atoms with E-state index in [1.165, 1.54) is 0 Å². The van der Waals surface area contributed by atoms with E-state index in [2.05, 4.69) is 48.4 Å². The van der Waals surface area contributed by atoms with Crippen LogP contribution < -0.4 is 26.0 Å². The standard InChI is InChI=1S/C21H34N8O2/c1-5-14-6-7-15(23-19(30)12-22-3)10-16(9-14)24-21-26-17(11-20(27-21)31-4)25-18-8-13(2)28-29-18/h8,11,14-16,22H,5-7,9-10,12H2,1-4H3,(H,23,30)(H3,24,25,26,27,28,29). The lowest BCUT2D eigenvalue weighted by Gasteiger charge is -2.23. The van der Waals surface area contributed by atoms with E-state index in [0.29, 0.717) is 35.9 Å². The van der Waals surface area contributed by atoms with Crippen LogP contribution in [-0.4, -0.2) is 58.9 Å². The van der Waals surface area contributed by atoms with Crippen molar-refractivity contribution in [3.8, 4) is 5.88 Å². The van der Waals surface area contributed by atoms with Gasteiger partial charge in [-0.15, -0.1) is 0 Å². The largest absolute Gasteiger partial charge is 0.481 e. The molecule has 170 valence electrons. The molecule has 0 saturated heterocycles. The Bertz CT molecular complexity index is 856. The van der Waals surface area contributed by atoms with E-state index in [9.17, 15) is 4.79 Å². The molecule has 0 radical (unpaired) electrons. The summed E-state index contributed by atoms with van der Waals surface area (Å²) in [6, 6.07) is 3.92. The third-order valence-electron chi connectivity index (χ3n) is 5.60. The van der Waals surface area contributed by atoms with Crippen molar-refractivity contribution in [1.82, 2.24) is 30.8 Å². The van der Waals surface area contributed by atoms with E-state index in [0.717, 1.165) is 37.8 Å². The molecule has 3 unspecified atom stereocenters. The summed E-state index contributed by atoms with van der Waals surface area (Å²) in [5.41, 5.74) is 0.956. The molecule has 0 aliphatic heterocycles. The second kappa shape index (κ2) is 10.9. The van der Waals surface area contributed by atoms with Crippen molar-refractivity contribution >= 4 is 23.5 Å². The number of nitrogens with one attached hydrogen (secondary N) is 5. The molecule has 3 atom stereocenters. The number of aromatic nitrogens is 4. The summed E-state index contributed by atoms with van der Waals surface area (Å²) < 4.78 is 5.37. The zero-order chi connectivity index (χ0) is 22.2. The molecule has 2 heterocycles. The molecule has 5 N–H and O–H groups in total. The van der Waals surface area contributed by atoms with Crippen molar-refractivity contribution in [1.29, 1.82) is 0 Å². The Morgan fingerprint density at radius 2 is 2.03 bits per heavy atom. The highest BCUT2D eigenvalue weighted by atomic mass is 16.5. The highest BCUT2D eigenvalue weighted by Gasteiger charge is 2.26. The summed E-state index contributed by atoms with van der Waals surface area (Å²) in [6.07, 6.45) is 5.03. The number of amides is 1. The predicted molar refractivity (Wildman–Crippen MR) is 121 cm³/mol. The van der Waals surface area contributed by atoms with E-state index >= 15 is 0 Å². The van der Waals surface area contributed by atoms with Crippen molar-refractivity contribution in [2.45, 2.75) is 58.0 Å². The summed E-state index contributed by atoms with van der Waals surface area (Å²) in [5, 5.41) is 19.8. The average molecular weight is 431 g/mol. The molecule has 10 nitrogen and oxygen atoms in total. The van der Waals surface area contributed by atoms with E-state index < -0.39 is 0 Å². The van der Waals surface area contributed by atoms with Gasteiger partial charge in [0.1, 0.15) is 5.82 Å². The van der Waals surface area contributed by atoms with Crippen LogP contribution >= 0.6 is 0 Å². The summed E-state index contributed by atoms with van der Waals surface area (Å²) in [4.78, 5) is 21.2. The summed E-state index contributed by atoms with van der Waals surface area (Å²) in [7, 11) is 3.36. The maximum Gasteiger partial charge on any atom is 0.234 e. The fourth-order valence-electron chi connectivity index (χ4n) is 4.03. The Balaban J connectivity index is 1.74. The van der Waals surface area contributed by atoms with E-state index in [4.69, 9.17) is 4.74 Å². The molecular formula is C21H34N8O2. The Labute approximate surface area is 183 Å². The Kier molecular flexibility index (Phi) is 8.05. The Hall–Kier alpha value is -2.88. The van der Waals surface area contributed by atoms with Crippen LogP contribution in [0.4, 0.5) is 17.6 Å². The first-order valence-corrected chi connectivity index (χ1v) is 10.9. The highest BCUT2D eigenvalue weighted by molar-refractivity contribution is 5.78. The topological polar surface area (TPSA) is 129 Å². The monoisotopic (exact) mass is 430 g/mol. The van der Waals surface area contributed by atoms with Gasteiger partial charge < -0.3 is 26.0 Å². The van der Waals surface area contributed by atoms with Crippen molar-refractivity contribution in [3.63, 3.8) is 0 Å². The molecule has 2 aromatic heterocycles. The minimum atomic E-state index is 0.0274. The quantitative estimate of drug-likeness (QED) is 0.384. The SMILES string of the molecule is CCC1CCC(NC(=O)CNC)CC(Nc2nc(Nc3cc(C)[nH]n3)cc(OC)n2)C1. The first-order valence-electron chi connectivity index (χ1n) is 10.9. The van der Waals surface area contributed by atoms with Crippen LogP contribution in [0.5, 0.6) is 5.88 Å². The van der Waals surface area contributed by atoms with E-state index in [-0.39, 0.29) is 18.0 Å². The van der Waals surface area contributed by atoms with Gasteiger partial charge >= 0.3 is 0 Å². The molecule has 0 aromatic carbocycles. The van der Waals surface area contributed by atoms with Crippen LogP contribution in [0.1, 0.15) is 44.7 Å². The molecule has 1 amide bonds. The smallest absolute Gasteiger partial charge is 0.234 e. The summed E-state index contributed by atoms with van der Waals surface area (Å²) in [6.45, 7) is 4.48. The molecule has 0 spiro atoms. The number of carbonyl (C=O) groups excluding carboxylic acids is 1. The minimum absolute atomic E-state index is 0.0274. The van der Waals surface area contributed by atoms with Gasteiger partial charge in [0.15, 0.2) is 5.82 Å². The number of ether oxygens (including phenoxy) is 1. The fourth-order valence-corrected chi connectivity index (χ4v) is 4.03. The van der Waals surface area contributed by atoms with Gasteiger partial charge in [-0.05, 0) is 45.6 Å². The first-order chi connectivity index (χ1) is 15.0. The maximum absolute atomic E-state index is 12.1. The Morgan fingerprint density at radius 1 is 1.19 bits per heavy atom. The van der Waals surface area contributed by atoms with Gasteiger partial charge in [0.2, 0.25) is 17.7 Å². The van der Waals surface area contributed by atoms with E-state index in [1.807, 2.05) is 13.0 Å². The van der Waals surface area contributed by atoms with Gasteiger partial charge in [0.25, 0.3) is 0 Å². The third kappa shape index (κ3) is 6.81. The number of H-pyrrole nitrogens is 1. The highest BCUT2D eigenvalue weighted by Crippen LogP contribution is 2.28. The number of aryl methyl sites for hydroxylation is 1. The molecule has 1 aliphatic rings. The number of carbonyl (C=O) groups is 1. The van der Waals surface area contributed by atoms with Crippen molar-refractivity contribution in [2.24, 2.45) is 5.92 Å². The number of aromatic amines is 1. The lowest BCUT2D eigenvalue weighted by molar-refractivity contribution is -0.120. The number of hydrogen-bond donors (Lipinski definition) is 5. The lowest BCUT2D eigenvalue weighted by atomic mass is 9.96. The van der Waals surface area contributed by atoms with Crippen LogP contribution in [0, 0.1) is 12.8 Å². The van der Waals surface area contributed by atoms with Crippen molar-refractivity contribution < 1.29 is 9.53 Å². The van der Waals surface area contributed by atoms with Gasteiger partial charge in [-0.1, -0.05) is 13.3 Å². The Morgan fingerprint density at radius 3 is 2.71 bits per heavy atom. The van der Waals surface area contributed by atoms with E-state index in [1.54, 1.807) is 20.2 Å². The van der Waals surface area contributed by atoms with Gasteiger partial charge in [-0.2, -0.15) is 15.1 Å². The van der Waals surface area contributed by atoms with Crippen LogP contribution in [0.2, 0.25) is 0 Å². The molecule has 1 saturated carbocycles. The van der Waals surface area contributed by atoms with Crippen LogP contribution in [0.25, 0.3) is 0 Å². The molecule has 10 heteroatoms. The minimum Gasteiger partial charge on any atom is -0.481 e. The summed E-state index contributed by atoms with van der Waals surface area (Å²) >= 11 is 0. The van der Waals surface area contributed by atoms with Crippen LogP contribution in [0.3, 0.4) is 0 Å². The number of hydrogen-bond acceptors (Lipinski definition) is 8. The molecular weight excluding hydrogens is 396 g/mol. The molecule has 31 heavy (non-hydrogen) atoms. The number of anilines is 3. The molecule has 2 aromatic rings. The van der Waals surface area contributed by atoms with Crippen LogP contribution in [-0.2, 0) is 4.79 Å². The normalized spacial score (nSPS) is 21.2. The van der Waals surface area contributed by atoms with Gasteiger partial charge in [-0.3, -0.25) is 9.89 Å². The van der Waals surface area contributed by atoms with Gasteiger partial charge in [-0.25, -0.2) is 0 Å². The maximum atomic E-state index is 12.1. The number of methoxy groups -OCH3 is 1. The summed E-state index contributed by atoms with van der Waals surface area (Å²) in [5.74, 6) is 2.86. The van der Waals surface area contributed by atoms with Gasteiger partial charge in [0.05, 0.1) is 13.7 Å². The third-order valence-corrected chi connectivity index (χ3v) is 5.60. The number of rotatable bonds is 9. The number of nitrogens with zero attached hydrogens (tertiary/aromatic N) is 3. The first kappa shape index (κ1) is 22.8. The molecule has 1 aliphatic carbocycles. The molecule has 0 bridgehead atoms. The van der Waals surface area contributed by atoms with Crippen molar-refractivity contribution in [3.05, 3.63) is 17.8 Å². The average Bonchev–Trinajstić information content (AvgIpc) is 3.04. The zero-order valence-corrected chi connectivity index (χ0v) is 18.8. The fraction of sp³-hybridized carbons (Fsp3) is 0.619. The zero-order valence-electron chi connectivity index (χ0n) is 18.8. The van der Waals surface area contributed by atoms with Crippen LogP contribution in [0.15, 0.2) is 12.1 Å². The lowest BCUT2D eigenvalue weighted by Crippen LogP contribution is -2.41. The second-order valence-electron chi connectivity index (χ2n) is 8.14. The number of likely N-dealkylation sites (N-methyl/N-ethyl adjacent to an activating group) is 1.